The van der Waals surface area contributed by atoms with Gasteiger partial charge in [-0.25, -0.2) is 12.8 Å². The number of hydrogen-bond acceptors (Lipinski definition) is 4. The van der Waals surface area contributed by atoms with E-state index in [4.69, 9.17) is 4.74 Å². The van der Waals surface area contributed by atoms with E-state index in [9.17, 15) is 17.6 Å². The van der Waals surface area contributed by atoms with Gasteiger partial charge < -0.3 is 9.64 Å². The number of ether oxygens (including phenoxy) is 1. The van der Waals surface area contributed by atoms with Gasteiger partial charge in [-0.1, -0.05) is 6.07 Å². The van der Waals surface area contributed by atoms with Gasteiger partial charge in [0.2, 0.25) is 6.41 Å². The SMILES string of the molecule is CS(=O)(=O)c1ccc([C@@H]2COCCCN2C=O)c(F)c1. The van der Waals surface area contributed by atoms with Crippen LogP contribution in [-0.4, -0.2) is 45.7 Å². The summed E-state index contributed by atoms with van der Waals surface area (Å²) in [4.78, 5) is 12.5. The third-order valence-corrected chi connectivity index (χ3v) is 4.39. The number of sulfone groups is 1. The highest BCUT2D eigenvalue weighted by molar-refractivity contribution is 7.90. The van der Waals surface area contributed by atoms with E-state index in [0.29, 0.717) is 26.0 Å². The van der Waals surface area contributed by atoms with Gasteiger partial charge in [-0.15, -0.1) is 0 Å². The molecule has 1 aromatic carbocycles. The molecule has 7 heteroatoms. The van der Waals surface area contributed by atoms with Gasteiger partial charge in [0, 0.05) is 25.0 Å². The topological polar surface area (TPSA) is 63.7 Å². The van der Waals surface area contributed by atoms with Gasteiger partial charge in [0.05, 0.1) is 17.5 Å². The molecule has 1 heterocycles. The maximum Gasteiger partial charge on any atom is 0.210 e. The number of rotatable bonds is 3. The molecule has 0 bridgehead atoms. The monoisotopic (exact) mass is 301 g/mol. The van der Waals surface area contributed by atoms with Crippen LogP contribution in [0, 0.1) is 5.82 Å². The van der Waals surface area contributed by atoms with Crippen molar-refractivity contribution >= 4 is 16.2 Å². The first-order valence-corrected chi connectivity index (χ1v) is 8.11. The Balaban J connectivity index is 2.38. The Morgan fingerprint density at radius 2 is 2.20 bits per heavy atom. The molecule has 0 N–H and O–H groups in total. The molecule has 1 saturated heterocycles. The largest absolute Gasteiger partial charge is 0.379 e. The van der Waals surface area contributed by atoms with Gasteiger partial charge in [0.15, 0.2) is 9.84 Å². The number of nitrogens with zero attached hydrogens (tertiary/aromatic N) is 1. The summed E-state index contributed by atoms with van der Waals surface area (Å²) in [6.45, 7) is 1.21. The average molecular weight is 301 g/mol. The molecule has 0 spiro atoms. The van der Waals surface area contributed by atoms with Crippen LogP contribution < -0.4 is 0 Å². The predicted molar refractivity (Wildman–Crippen MR) is 70.5 cm³/mol. The zero-order chi connectivity index (χ0) is 14.8. The first-order chi connectivity index (χ1) is 9.43. The quantitative estimate of drug-likeness (QED) is 0.786. The lowest BCUT2D eigenvalue weighted by molar-refractivity contribution is -0.120. The summed E-state index contributed by atoms with van der Waals surface area (Å²) in [5.41, 5.74) is 0.270. The minimum Gasteiger partial charge on any atom is -0.379 e. The maximum absolute atomic E-state index is 14.1. The van der Waals surface area contributed by atoms with E-state index in [1.807, 2.05) is 0 Å². The minimum absolute atomic E-state index is 0.0778. The lowest BCUT2D eigenvalue weighted by Crippen LogP contribution is -2.30. The average Bonchev–Trinajstić information content (AvgIpc) is 2.62. The van der Waals surface area contributed by atoms with Crippen LogP contribution in [0.25, 0.3) is 0 Å². The number of carbonyl (C=O) groups is 1. The molecular formula is C13H16FNO4S. The van der Waals surface area contributed by atoms with Crippen LogP contribution in [-0.2, 0) is 19.4 Å². The lowest BCUT2D eigenvalue weighted by Gasteiger charge is -2.26. The van der Waals surface area contributed by atoms with Gasteiger partial charge in [0.25, 0.3) is 0 Å². The predicted octanol–water partition coefficient (Wildman–Crippen LogP) is 1.15. The van der Waals surface area contributed by atoms with Gasteiger partial charge in [-0.3, -0.25) is 4.79 Å². The van der Waals surface area contributed by atoms with Gasteiger partial charge >= 0.3 is 0 Å². The second-order valence-corrected chi connectivity index (χ2v) is 6.76. The number of hydrogen-bond donors (Lipinski definition) is 0. The van der Waals surface area contributed by atoms with E-state index in [-0.39, 0.29) is 17.1 Å². The van der Waals surface area contributed by atoms with Crippen molar-refractivity contribution in [3.8, 4) is 0 Å². The zero-order valence-electron chi connectivity index (χ0n) is 11.1. The molecule has 1 amide bonds. The molecule has 0 aliphatic carbocycles. The van der Waals surface area contributed by atoms with Crippen molar-refractivity contribution in [2.24, 2.45) is 0 Å². The molecule has 110 valence electrons. The summed E-state index contributed by atoms with van der Waals surface area (Å²) in [7, 11) is -3.45. The Kier molecular flexibility index (Phi) is 4.39. The Morgan fingerprint density at radius 1 is 1.45 bits per heavy atom. The molecule has 1 atom stereocenters. The normalized spacial score (nSPS) is 20.5. The number of amides is 1. The van der Waals surface area contributed by atoms with E-state index in [1.54, 1.807) is 0 Å². The van der Waals surface area contributed by atoms with Crippen molar-refractivity contribution in [2.45, 2.75) is 17.4 Å². The summed E-state index contributed by atoms with van der Waals surface area (Å²) >= 11 is 0. The highest BCUT2D eigenvalue weighted by Crippen LogP contribution is 2.26. The van der Waals surface area contributed by atoms with Crippen molar-refractivity contribution in [3.05, 3.63) is 29.6 Å². The van der Waals surface area contributed by atoms with Gasteiger partial charge in [-0.05, 0) is 18.6 Å². The van der Waals surface area contributed by atoms with Crippen LogP contribution in [0.1, 0.15) is 18.0 Å². The lowest BCUT2D eigenvalue weighted by atomic mass is 10.1. The first kappa shape index (κ1) is 14.9. The zero-order valence-corrected chi connectivity index (χ0v) is 11.9. The molecule has 0 saturated carbocycles. The summed E-state index contributed by atoms with van der Waals surface area (Å²) in [6.07, 6.45) is 2.38. The van der Waals surface area contributed by atoms with Gasteiger partial charge in [0.1, 0.15) is 5.82 Å². The molecule has 1 aromatic rings. The summed E-state index contributed by atoms with van der Waals surface area (Å²) < 4.78 is 42.3. The fourth-order valence-electron chi connectivity index (χ4n) is 2.20. The van der Waals surface area contributed by atoms with Crippen molar-refractivity contribution in [3.63, 3.8) is 0 Å². The highest BCUT2D eigenvalue weighted by Gasteiger charge is 2.25. The molecule has 0 unspecified atom stereocenters. The van der Waals surface area contributed by atoms with Crippen LogP contribution in [0.4, 0.5) is 4.39 Å². The van der Waals surface area contributed by atoms with E-state index in [0.717, 1.165) is 12.3 Å². The fourth-order valence-corrected chi connectivity index (χ4v) is 2.83. The molecule has 2 rings (SSSR count). The van der Waals surface area contributed by atoms with Gasteiger partial charge in [-0.2, -0.15) is 0 Å². The van der Waals surface area contributed by atoms with Crippen LogP contribution in [0.3, 0.4) is 0 Å². The molecule has 20 heavy (non-hydrogen) atoms. The summed E-state index contributed by atoms with van der Waals surface area (Å²) in [6, 6.07) is 3.21. The first-order valence-electron chi connectivity index (χ1n) is 6.22. The van der Waals surface area contributed by atoms with Crippen LogP contribution in [0.5, 0.6) is 0 Å². The third-order valence-electron chi connectivity index (χ3n) is 3.28. The van der Waals surface area contributed by atoms with Crippen molar-refractivity contribution in [2.75, 3.05) is 26.0 Å². The Bertz CT molecular complexity index is 602. The van der Waals surface area contributed by atoms with E-state index in [1.165, 1.54) is 17.0 Å². The van der Waals surface area contributed by atoms with Crippen LogP contribution in [0.15, 0.2) is 23.1 Å². The highest BCUT2D eigenvalue weighted by atomic mass is 32.2. The second-order valence-electron chi connectivity index (χ2n) is 4.74. The molecule has 0 aromatic heterocycles. The Hall–Kier alpha value is -1.47. The van der Waals surface area contributed by atoms with Crippen LogP contribution in [0.2, 0.25) is 0 Å². The molecule has 0 radical (unpaired) electrons. The molecule has 1 aliphatic heterocycles. The standard InChI is InChI=1S/C13H16FNO4S/c1-20(17,18)10-3-4-11(12(14)7-10)13-8-19-6-2-5-15(13)9-16/h3-4,7,9,13H,2,5-6,8H2,1H3/t13-/m0/s1. The number of carbonyl (C=O) groups excluding carboxylic acids is 1. The molecule has 1 fully saturated rings. The van der Waals surface area contributed by atoms with E-state index >= 15 is 0 Å². The van der Waals surface area contributed by atoms with E-state index < -0.39 is 21.7 Å². The minimum atomic E-state index is -3.45. The molecule has 1 aliphatic rings. The summed E-state index contributed by atoms with van der Waals surface area (Å²) in [5, 5.41) is 0. The smallest absolute Gasteiger partial charge is 0.210 e. The number of benzene rings is 1. The third kappa shape index (κ3) is 3.16. The van der Waals surface area contributed by atoms with Crippen molar-refractivity contribution < 1.29 is 22.3 Å². The second kappa shape index (κ2) is 5.88. The number of halogens is 1. The Labute approximate surface area is 117 Å². The van der Waals surface area contributed by atoms with Crippen LogP contribution >= 0.6 is 0 Å². The Morgan fingerprint density at radius 3 is 2.80 bits per heavy atom. The summed E-state index contributed by atoms with van der Waals surface area (Å²) in [5.74, 6) is -0.643. The molecule has 5 nitrogen and oxygen atoms in total. The van der Waals surface area contributed by atoms with E-state index in [2.05, 4.69) is 0 Å². The van der Waals surface area contributed by atoms with Crippen molar-refractivity contribution in [1.82, 2.24) is 4.90 Å². The molecular weight excluding hydrogens is 285 g/mol. The van der Waals surface area contributed by atoms with Crippen molar-refractivity contribution in [1.29, 1.82) is 0 Å². The fraction of sp³-hybridized carbons (Fsp3) is 0.462. The maximum atomic E-state index is 14.1.